The Morgan fingerprint density at radius 3 is 2.77 bits per heavy atom. The molecule has 2 saturated heterocycles. The van der Waals surface area contributed by atoms with E-state index in [9.17, 15) is 18.0 Å². The van der Waals surface area contributed by atoms with Crippen LogP contribution < -0.4 is 0 Å². The standard InChI is InChI=1S/C16H22N2O5S3/c1-23-16(20)13-11-17(7-9-24-13)15(19)12-4-2-6-18(10-12)26(21,22)14-5-3-8-25-14/h3,5,8,12-13H,2,4,6-7,9-11H2,1H3/t12-,13-/m0/s1. The van der Waals surface area contributed by atoms with Crippen molar-refractivity contribution in [2.45, 2.75) is 22.3 Å². The lowest BCUT2D eigenvalue weighted by Gasteiger charge is -2.37. The highest BCUT2D eigenvalue weighted by Gasteiger charge is 2.37. The molecule has 0 N–H and O–H groups in total. The van der Waals surface area contributed by atoms with E-state index in [2.05, 4.69) is 0 Å². The van der Waals surface area contributed by atoms with Crippen LogP contribution >= 0.6 is 23.1 Å². The number of ether oxygens (including phenoxy) is 1. The molecule has 7 nitrogen and oxygen atoms in total. The van der Waals surface area contributed by atoms with Crippen LogP contribution in [0.4, 0.5) is 0 Å². The molecule has 3 rings (SSSR count). The van der Waals surface area contributed by atoms with Crippen molar-refractivity contribution in [1.29, 1.82) is 0 Å². The fraction of sp³-hybridized carbons (Fsp3) is 0.625. The molecule has 144 valence electrons. The van der Waals surface area contributed by atoms with E-state index >= 15 is 0 Å². The van der Waals surface area contributed by atoms with Crippen molar-refractivity contribution < 1.29 is 22.7 Å². The van der Waals surface area contributed by atoms with E-state index < -0.39 is 10.0 Å². The molecule has 2 aliphatic heterocycles. The van der Waals surface area contributed by atoms with Crippen molar-refractivity contribution in [3.8, 4) is 0 Å². The number of esters is 1. The Bertz CT molecular complexity index is 750. The molecule has 0 saturated carbocycles. The summed E-state index contributed by atoms with van der Waals surface area (Å²) in [4.78, 5) is 26.4. The van der Waals surface area contributed by atoms with Crippen molar-refractivity contribution in [1.82, 2.24) is 9.21 Å². The molecule has 26 heavy (non-hydrogen) atoms. The Morgan fingerprint density at radius 2 is 2.08 bits per heavy atom. The van der Waals surface area contributed by atoms with E-state index in [1.54, 1.807) is 22.4 Å². The molecule has 0 aliphatic carbocycles. The van der Waals surface area contributed by atoms with Crippen LogP contribution in [0.25, 0.3) is 0 Å². The van der Waals surface area contributed by atoms with Gasteiger partial charge in [-0.3, -0.25) is 9.59 Å². The van der Waals surface area contributed by atoms with E-state index in [4.69, 9.17) is 4.74 Å². The third-order valence-corrected chi connectivity index (χ3v) is 9.07. The number of amides is 1. The Kier molecular flexibility index (Phi) is 6.26. The molecule has 0 spiro atoms. The van der Waals surface area contributed by atoms with Gasteiger partial charge in [-0.25, -0.2) is 8.42 Å². The van der Waals surface area contributed by atoms with Crippen LogP contribution in [0.5, 0.6) is 0 Å². The first-order valence-corrected chi connectivity index (χ1v) is 11.8. The van der Waals surface area contributed by atoms with Gasteiger partial charge < -0.3 is 9.64 Å². The lowest BCUT2D eigenvalue weighted by Crippen LogP contribution is -2.51. The van der Waals surface area contributed by atoms with Crippen LogP contribution in [0.1, 0.15) is 12.8 Å². The van der Waals surface area contributed by atoms with Gasteiger partial charge in [-0.15, -0.1) is 23.1 Å². The molecule has 1 amide bonds. The predicted octanol–water partition coefficient (Wildman–Crippen LogP) is 1.27. The van der Waals surface area contributed by atoms with Gasteiger partial charge in [0.1, 0.15) is 9.46 Å². The number of nitrogens with zero attached hydrogens (tertiary/aromatic N) is 2. The molecule has 1 aromatic rings. The van der Waals surface area contributed by atoms with Gasteiger partial charge in [-0.2, -0.15) is 4.31 Å². The number of thioether (sulfide) groups is 1. The Morgan fingerprint density at radius 1 is 1.27 bits per heavy atom. The van der Waals surface area contributed by atoms with Gasteiger partial charge in [0.2, 0.25) is 5.91 Å². The number of thiophene rings is 1. The van der Waals surface area contributed by atoms with Crippen LogP contribution in [0.15, 0.2) is 21.7 Å². The summed E-state index contributed by atoms with van der Waals surface area (Å²) >= 11 is 2.68. The molecule has 0 bridgehead atoms. The fourth-order valence-corrected chi connectivity index (χ4v) is 7.08. The highest BCUT2D eigenvalue weighted by atomic mass is 32.2. The minimum Gasteiger partial charge on any atom is -0.468 e. The van der Waals surface area contributed by atoms with Crippen molar-refractivity contribution >= 4 is 45.0 Å². The van der Waals surface area contributed by atoms with E-state index in [0.29, 0.717) is 42.4 Å². The molecule has 0 unspecified atom stereocenters. The van der Waals surface area contributed by atoms with Gasteiger partial charge in [0.25, 0.3) is 10.0 Å². The molecule has 0 radical (unpaired) electrons. The SMILES string of the molecule is COC(=O)[C@@H]1CN(C(=O)[C@H]2CCCN(S(=O)(=O)c3cccs3)C2)CCS1. The minimum absolute atomic E-state index is 0.0646. The monoisotopic (exact) mass is 418 g/mol. The summed E-state index contributed by atoms with van der Waals surface area (Å²) in [7, 11) is -2.20. The van der Waals surface area contributed by atoms with Gasteiger partial charge in [-0.05, 0) is 24.3 Å². The van der Waals surface area contributed by atoms with E-state index in [0.717, 1.165) is 0 Å². The third kappa shape index (κ3) is 4.08. The summed E-state index contributed by atoms with van der Waals surface area (Å²) in [5.41, 5.74) is 0. The number of carbonyl (C=O) groups is 2. The average molecular weight is 419 g/mol. The smallest absolute Gasteiger partial charge is 0.320 e. The van der Waals surface area contributed by atoms with Crippen molar-refractivity contribution in [3.63, 3.8) is 0 Å². The largest absolute Gasteiger partial charge is 0.468 e. The van der Waals surface area contributed by atoms with E-state index in [1.165, 1.54) is 34.5 Å². The second kappa shape index (κ2) is 8.28. The molecule has 2 aliphatic rings. The lowest BCUT2D eigenvalue weighted by atomic mass is 9.98. The van der Waals surface area contributed by atoms with E-state index in [1.807, 2.05) is 0 Å². The van der Waals surface area contributed by atoms with Crippen molar-refractivity contribution in [3.05, 3.63) is 17.5 Å². The summed E-state index contributed by atoms with van der Waals surface area (Å²) in [5, 5.41) is 1.37. The van der Waals surface area contributed by atoms with Crippen LogP contribution in [-0.2, 0) is 24.3 Å². The second-order valence-corrected chi connectivity index (χ2v) is 10.7. The second-order valence-electron chi connectivity index (χ2n) is 6.30. The molecular weight excluding hydrogens is 396 g/mol. The Labute approximate surface area is 161 Å². The van der Waals surface area contributed by atoms with Crippen LogP contribution in [0.2, 0.25) is 0 Å². The number of rotatable bonds is 4. The maximum atomic E-state index is 12.9. The average Bonchev–Trinajstić information content (AvgIpc) is 3.22. The topological polar surface area (TPSA) is 84.0 Å². The zero-order valence-corrected chi connectivity index (χ0v) is 16.9. The zero-order chi connectivity index (χ0) is 18.7. The summed E-state index contributed by atoms with van der Waals surface area (Å²) in [5.74, 6) is -0.0710. The number of carbonyl (C=O) groups excluding carboxylic acids is 2. The van der Waals surface area contributed by atoms with Crippen LogP contribution in [0.3, 0.4) is 0 Å². The van der Waals surface area contributed by atoms with Crippen molar-refractivity contribution in [2.75, 3.05) is 39.0 Å². The summed E-state index contributed by atoms with van der Waals surface area (Å²) in [6.07, 6.45) is 1.33. The normalized spacial score (nSPS) is 25.0. The first-order chi connectivity index (χ1) is 12.4. The first-order valence-electron chi connectivity index (χ1n) is 8.45. The quantitative estimate of drug-likeness (QED) is 0.685. The summed E-state index contributed by atoms with van der Waals surface area (Å²) in [6, 6.07) is 3.30. The highest BCUT2D eigenvalue weighted by Crippen LogP contribution is 2.28. The van der Waals surface area contributed by atoms with Gasteiger partial charge in [0, 0.05) is 31.9 Å². The number of piperidine rings is 1. The lowest BCUT2D eigenvalue weighted by molar-refractivity contribution is -0.142. The van der Waals surface area contributed by atoms with Gasteiger partial charge in [-0.1, -0.05) is 6.07 Å². The fourth-order valence-electron chi connectivity index (χ4n) is 3.28. The Hall–Kier alpha value is -1.10. The van der Waals surface area contributed by atoms with Gasteiger partial charge in [0.05, 0.1) is 13.0 Å². The predicted molar refractivity (Wildman–Crippen MR) is 101 cm³/mol. The highest BCUT2D eigenvalue weighted by molar-refractivity contribution is 8.00. The number of methoxy groups -OCH3 is 1. The number of hydrogen-bond acceptors (Lipinski definition) is 7. The number of sulfonamides is 1. The maximum Gasteiger partial charge on any atom is 0.320 e. The minimum atomic E-state index is -3.54. The van der Waals surface area contributed by atoms with Crippen LogP contribution in [0, 0.1) is 5.92 Å². The molecule has 10 heteroatoms. The summed E-state index contributed by atoms with van der Waals surface area (Å²) in [6.45, 7) is 1.53. The van der Waals surface area contributed by atoms with Gasteiger partial charge >= 0.3 is 5.97 Å². The van der Waals surface area contributed by atoms with Gasteiger partial charge in [0.15, 0.2) is 0 Å². The molecule has 0 aromatic carbocycles. The van der Waals surface area contributed by atoms with E-state index in [-0.39, 0.29) is 29.6 Å². The maximum absolute atomic E-state index is 12.9. The molecule has 2 fully saturated rings. The first kappa shape index (κ1) is 19.7. The van der Waals surface area contributed by atoms with Crippen LogP contribution in [-0.4, -0.2) is 73.8 Å². The molecular formula is C16H22N2O5S3. The summed E-state index contributed by atoms with van der Waals surface area (Å²) < 4.78 is 32.0. The molecule has 3 heterocycles. The third-order valence-electron chi connectivity index (χ3n) is 4.66. The molecule has 2 atom stereocenters. The Balaban J connectivity index is 1.67. The van der Waals surface area contributed by atoms with Crippen molar-refractivity contribution in [2.24, 2.45) is 5.92 Å². The number of hydrogen-bond donors (Lipinski definition) is 0. The zero-order valence-electron chi connectivity index (χ0n) is 14.5. The molecule has 1 aromatic heterocycles.